The Hall–Kier alpha value is -2.19. The zero-order valence-corrected chi connectivity index (χ0v) is 12.5. The summed E-state index contributed by atoms with van der Waals surface area (Å²) >= 11 is 0. The SMILES string of the molecule is CCC(NC)c1cccc(-c2ccc3ccccc3n2)c1. The van der Waals surface area contributed by atoms with Crippen molar-refractivity contribution < 1.29 is 0 Å². The van der Waals surface area contributed by atoms with Crippen LogP contribution in [0.15, 0.2) is 60.7 Å². The van der Waals surface area contributed by atoms with E-state index in [1.165, 1.54) is 16.5 Å². The van der Waals surface area contributed by atoms with Gasteiger partial charge >= 0.3 is 0 Å². The summed E-state index contributed by atoms with van der Waals surface area (Å²) in [4.78, 5) is 4.78. The van der Waals surface area contributed by atoms with Gasteiger partial charge in [0.2, 0.25) is 0 Å². The number of hydrogen-bond donors (Lipinski definition) is 1. The molecule has 0 saturated heterocycles. The van der Waals surface area contributed by atoms with Gasteiger partial charge in [-0.1, -0.05) is 49.4 Å². The second-order valence-corrected chi connectivity index (χ2v) is 5.26. The maximum Gasteiger partial charge on any atom is 0.0709 e. The van der Waals surface area contributed by atoms with Crippen LogP contribution in [0.1, 0.15) is 24.9 Å². The molecule has 3 aromatic rings. The fourth-order valence-corrected chi connectivity index (χ4v) is 2.75. The summed E-state index contributed by atoms with van der Waals surface area (Å²) in [5, 5.41) is 4.54. The molecule has 0 aliphatic carbocycles. The first-order chi connectivity index (χ1) is 10.3. The van der Waals surface area contributed by atoms with Gasteiger partial charge in [0.25, 0.3) is 0 Å². The third-order valence-electron chi connectivity index (χ3n) is 3.94. The zero-order chi connectivity index (χ0) is 14.7. The number of pyridine rings is 1. The lowest BCUT2D eigenvalue weighted by atomic mass is 10.0. The minimum atomic E-state index is 0.394. The molecule has 0 aliphatic rings. The second kappa shape index (κ2) is 6.06. The van der Waals surface area contributed by atoms with Gasteiger partial charge in [0.05, 0.1) is 11.2 Å². The van der Waals surface area contributed by atoms with Gasteiger partial charge in [-0.15, -0.1) is 0 Å². The minimum Gasteiger partial charge on any atom is -0.313 e. The highest BCUT2D eigenvalue weighted by Gasteiger charge is 2.08. The first-order valence-corrected chi connectivity index (χ1v) is 7.45. The maximum atomic E-state index is 4.78. The van der Waals surface area contributed by atoms with Crippen LogP contribution in [0.3, 0.4) is 0 Å². The third-order valence-corrected chi connectivity index (χ3v) is 3.94. The lowest BCUT2D eigenvalue weighted by Gasteiger charge is -2.15. The van der Waals surface area contributed by atoms with Gasteiger partial charge in [-0.2, -0.15) is 0 Å². The normalized spacial score (nSPS) is 12.5. The van der Waals surface area contributed by atoms with Gasteiger partial charge in [0.1, 0.15) is 0 Å². The van der Waals surface area contributed by atoms with E-state index in [-0.39, 0.29) is 0 Å². The third kappa shape index (κ3) is 2.81. The number of para-hydroxylation sites is 1. The highest BCUT2D eigenvalue weighted by atomic mass is 14.9. The number of rotatable bonds is 4. The lowest BCUT2D eigenvalue weighted by Crippen LogP contribution is -2.15. The van der Waals surface area contributed by atoms with Crippen LogP contribution >= 0.6 is 0 Å². The number of hydrogen-bond acceptors (Lipinski definition) is 2. The molecule has 2 aromatic carbocycles. The van der Waals surface area contributed by atoms with Crippen molar-refractivity contribution in [3.63, 3.8) is 0 Å². The largest absolute Gasteiger partial charge is 0.313 e. The van der Waals surface area contributed by atoms with Crippen LogP contribution in [0.25, 0.3) is 22.2 Å². The van der Waals surface area contributed by atoms with Gasteiger partial charge in [0, 0.05) is 17.0 Å². The molecule has 0 radical (unpaired) electrons. The zero-order valence-electron chi connectivity index (χ0n) is 12.5. The van der Waals surface area contributed by atoms with Crippen LogP contribution in [-0.4, -0.2) is 12.0 Å². The summed E-state index contributed by atoms with van der Waals surface area (Å²) in [6, 6.07) is 21.5. The van der Waals surface area contributed by atoms with Crippen molar-refractivity contribution in [3.05, 3.63) is 66.2 Å². The summed E-state index contributed by atoms with van der Waals surface area (Å²) in [5.74, 6) is 0. The Balaban J connectivity index is 2.03. The Morgan fingerprint density at radius 1 is 1.00 bits per heavy atom. The Kier molecular flexibility index (Phi) is 3.98. The van der Waals surface area contributed by atoms with E-state index in [4.69, 9.17) is 4.98 Å². The Morgan fingerprint density at radius 3 is 2.67 bits per heavy atom. The molecule has 1 atom stereocenters. The second-order valence-electron chi connectivity index (χ2n) is 5.26. The van der Waals surface area contributed by atoms with E-state index in [0.717, 1.165) is 17.6 Å². The average molecular weight is 276 g/mol. The van der Waals surface area contributed by atoms with Crippen molar-refractivity contribution >= 4 is 10.9 Å². The topological polar surface area (TPSA) is 24.9 Å². The molecule has 0 amide bonds. The molecule has 1 heterocycles. The number of nitrogens with zero attached hydrogens (tertiary/aromatic N) is 1. The Labute approximate surface area is 125 Å². The number of benzene rings is 2. The molecule has 21 heavy (non-hydrogen) atoms. The van der Waals surface area contributed by atoms with Crippen LogP contribution in [0, 0.1) is 0 Å². The fraction of sp³-hybridized carbons (Fsp3) is 0.211. The predicted molar refractivity (Wildman–Crippen MR) is 89.3 cm³/mol. The van der Waals surface area contributed by atoms with Gasteiger partial charge in [-0.3, -0.25) is 0 Å². The van der Waals surface area contributed by atoms with Gasteiger partial charge < -0.3 is 5.32 Å². The van der Waals surface area contributed by atoms with Crippen molar-refractivity contribution in [3.8, 4) is 11.3 Å². The van der Waals surface area contributed by atoms with E-state index in [9.17, 15) is 0 Å². The Bertz CT molecular complexity index is 745. The molecule has 1 N–H and O–H groups in total. The molecule has 0 spiro atoms. The molecule has 106 valence electrons. The first kappa shape index (κ1) is 13.8. The van der Waals surface area contributed by atoms with Crippen LogP contribution < -0.4 is 5.32 Å². The Morgan fingerprint density at radius 2 is 1.86 bits per heavy atom. The van der Waals surface area contributed by atoms with Crippen molar-refractivity contribution in [2.45, 2.75) is 19.4 Å². The van der Waals surface area contributed by atoms with E-state index in [2.05, 4.69) is 60.8 Å². The van der Waals surface area contributed by atoms with Gasteiger partial charge in [0.15, 0.2) is 0 Å². The van der Waals surface area contributed by atoms with E-state index >= 15 is 0 Å². The van der Waals surface area contributed by atoms with Crippen LogP contribution in [0.4, 0.5) is 0 Å². The smallest absolute Gasteiger partial charge is 0.0709 e. The quantitative estimate of drug-likeness (QED) is 0.755. The highest BCUT2D eigenvalue weighted by molar-refractivity contribution is 5.81. The molecule has 1 aromatic heterocycles. The summed E-state index contributed by atoms with van der Waals surface area (Å²) in [6.45, 7) is 2.20. The van der Waals surface area contributed by atoms with Gasteiger partial charge in [-0.05, 0) is 37.2 Å². The molecule has 0 aliphatic heterocycles. The first-order valence-electron chi connectivity index (χ1n) is 7.45. The van der Waals surface area contributed by atoms with Gasteiger partial charge in [-0.25, -0.2) is 4.98 Å². The highest BCUT2D eigenvalue weighted by Crippen LogP contribution is 2.25. The predicted octanol–water partition coefficient (Wildman–Crippen LogP) is 4.57. The van der Waals surface area contributed by atoms with E-state index in [1.54, 1.807) is 0 Å². The number of fused-ring (bicyclic) bond motifs is 1. The van der Waals surface area contributed by atoms with Crippen LogP contribution in [0.5, 0.6) is 0 Å². The van der Waals surface area contributed by atoms with Crippen LogP contribution in [-0.2, 0) is 0 Å². The van der Waals surface area contributed by atoms with Crippen molar-refractivity contribution in [2.24, 2.45) is 0 Å². The summed E-state index contributed by atoms with van der Waals surface area (Å²) in [6.07, 6.45) is 1.07. The van der Waals surface area contributed by atoms with Crippen molar-refractivity contribution in [1.29, 1.82) is 0 Å². The lowest BCUT2D eigenvalue weighted by molar-refractivity contribution is 0.577. The molecule has 0 fully saturated rings. The maximum absolute atomic E-state index is 4.78. The molecule has 2 heteroatoms. The summed E-state index contributed by atoms with van der Waals surface area (Å²) < 4.78 is 0. The standard InChI is InChI=1S/C19H20N2/c1-3-17(20-2)15-8-6-9-16(13-15)19-12-11-14-7-4-5-10-18(14)21-19/h4-13,17,20H,3H2,1-2H3. The molecular weight excluding hydrogens is 256 g/mol. The van der Waals surface area contributed by atoms with E-state index in [1.807, 2.05) is 19.2 Å². The molecule has 0 bridgehead atoms. The number of aromatic nitrogens is 1. The monoisotopic (exact) mass is 276 g/mol. The summed E-state index contributed by atoms with van der Waals surface area (Å²) in [7, 11) is 2.01. The molecule has 3 rings (SSSR count). The molecule has 2 nitrogen and oxygen atoms in total. The van der Waals surface area contributed by atoms with Crippen molar-refractivity contribution in [1.82, 2.24) is 10.3 Å². The number of nitrogens with one attached hydrogen (secondary N) is 1. The van der Waals surface area contributed by atoms with E-state index in [0.29, 0.717) is 6.04 Å². The minimum absolute atomic E-state index is 0.394. The van der Waals surface area contributed by atoms with E-state index < -0.39 is 0 Å². The molecular formula is C19H20N2. The molecule has 0 saturated carbocycles. The fourth-order valence-electron chi connectivity index (χ4n) is 2.75. The average Bonchev–Trinajstić information content (AvgIpc) is 2.56. The molecule has 1 unspecified atom stereocenters. The summed E-state index contributed by atoms with van der Waals surface area (Å²) in [5.41, 5.74) is 4.56. The van der Waals surface area contributed by atoms with Crippen LogP contribution in [0.2, 0.25) is 0 Å². The van der Waals surface area contributed by atoms with Crippen molar-refractivity contribution in [2.75, 3.05) is 7.05 Å².